The molecule has 0 radical (unpaired) electrons. The molecule has 94 valence electrons. The van der Waals surface area contributed by atoms with Crippen LogP contribution in [0.3, 0.4) is 0 Å². The Morgan fingerprint density at radius 3 is 3.24 bits per heavy atom. The fourth-order valence-electron chi connectivity index (χ4n) is 1.89. The van der Waals surface area contributed by atoms with E-state index in [1.165, 1.54) is 0 Å². The molecule has 0 bridgehead atoms. The number of aliphatic hydroxyl groups is 1. The molecule has 0 aliphatic carbocycles. The lowest BCUT2D eigenvalue weighted by molar-refractivity contribution is -0.0413. The fraction of sp³-hybridized carbons (Fsp3) is 0.636. The van der Waals surface area contributed by atoms with Crippen LogP contribution in [0.2, 0.25) is 5.15 Å². The quantitative estimate of drug-likeness (QED) is 0.806. The average molecular weight is 258 g/mol. The molecule has 1 aliphatic rings. The van der Waals surface area contributed by atoms with Gasteiger partial charge in [0.1, 0.15) is 11.0 Å². The highest BCUT2D eigenvalue weighted by Crippen LogP contribution is 2.11. The monoisotopic (exact) mass is 257 g/mol. The maximum atomic E-state index is 8.89. The maximum absolute atomic E-state index is 8.89. The summed E-state index contributed by atoms with van der Waals surface area (Å²) in [6, 6.07) is 1.67. The summed E-state index contributed by atoms with van der Waals surface area (Å²) in [6.45, 7) is 3.18. The first-order chi connectivity index (χ1) is 8.28. The number of aromatic nitrogens is 2. The number of ether oxygens (including phenoxy) is 1. The maximum Gasteiger partial charge on any atom is 0.143 e. The number of morpholine rings is 1. The Kier molecular flexibility index (Phi) is 4.67. The van der Waals surface area contributed by atoms with Gasteiger partial charge in [-0.05, 0) is 12.5 Å². The van der Waals surface area contributed by atoms with Crippen LogP contribution in [0, 0.1) is 0 Å². The predicted molar refractivity (Wildman–Crippen MR) is 63.8 cm³/mol. The summed E-state index contributed by atoms with van der Waals surface area (Å²) in [7, 11) is 0. The lowest BCUT2D eigenvalue weighted by Crippen LogP contribution is -2.42. The lowest BCUT2D eigenvalue weighted by atomic mass is 10.2. The highest BCUT2D eigenvalue weighted by molar-refractivity contribution is 6.29. The molecule has 1 aromatic heterocycles. The molecule has 0 aromatic carbocycles. The van der Waals surface area contributed by atoms with Crippen LogP contribution in [0.15, 0.2) is 12.3 Å². The second-order valence-corrected chi connectivity index (χ2v) is 4.42. The fourth-order valence-corrected chi connectivity index (χ4v) is 2.05. The van der Waals surface area contributed by atoms with Crippen LogP contribution < -0.4 is 0 Å². The molecule has 0 saturated carbocycles. The van der Waals surface area contributed by atoms with E-state index in [0.717, 1.165) is 18.9 Å². The minimum Gasteiger partial charge on any atom is -0.396 e. The molecule has 0 amide bonds. The van der Waals surface area contributed by atoms with Gasteiger partial charge in [0.25, 0.3) is 0 Å². The summed E-state index contributed by atoms with van der Waals surface area (Å²) in [5.74, 6) is 0.724. The Morgan fingerprint density at radius 1 is 1.59 bits per heavy atom. The molecule has 2 rings (SSSR count). The highest BCUT2D eigenvalue weighted by Gasteiger charge is 2.20. The number of hydrogen-bond donors (Lipinski definition) is 1. The summed E-state index contributed by atoms with van der Waals surface area (Å²) in [4.78, 5) is 10.6. The Labute approximate surface area is 105 Å². The number of hydrogen-bond acceptors (Lipinski definition) is 5. The van der Waals surface area contributed by atoms with Gasteiger partial charge in [-0.25, -0.2) is 9.97 Å². The molecule has 6 heteroatoms. The summed E-state index contributed by atoms with van der Waals surface area (Å²) in [5.41, 5.74) is 0. The van der Waals surface area contributed by atoms with Crippen molar-refractivity contribution >= 4 is 11.6 Å². The molecule has 1 N–H and O–H groups in total. The summed E-state index contributed by atoms with van der Waals surface area (Å²) < 4.78 is 5.54. The van der Waals surface area contributed by atoms with E-state index in [1.54, 1.807) is 12.3 Å². The van der Waals surface area contributed by atoms with Crippen LogP contribution in [-0.2, 0) is 11.3 Å². The Hall–Kier alpha value is -0.750. The van der Waals surface area contributed by atoms with Gasteiger partial charge < -0.3 is 9.84 Å². The highest BCUT2D eigenvalue weighted by atomic mass is 35.5. The molecular weight excluding hydrogens is 242 g/mol. The number of aliphatic hydroxyl groups excluding tert-OH is 1. The summed E-state index contributed by atoms with van der Waals surface area (Å²) in [5, 5.41) is 9.36. The van der Waals surface area contributed by atoms with Gasteiger partial charge in [0.15, 0.2) is 0 Å². The summed E-state index contributed by atoms with van der Waals surface area (Å²) >= 11 is 5.81. The van der Waals surface area contributed by atoms with E-state index in [-0.39, 0.29) is 12.7 Å². The number of halogens is 1. The van der Waals surface area contributed by atoms with Gasteiger partial charge >= 0.3 is 0 Å². The molecule has 1 unspecified atom stereocenters. The standard InChI is InChI=1S/C11H16ClN3O2/c12-10-1-3-13-11(14-10)8-15-4-6-17-9(7-15)2-5-16/h1,3,9,16H,2,4-8H2. The average Bonchev–Trinajstić information content (AvgIpc) is 2.30. The van der Waals surface area contributed by atoms with Gasteiger partial charge in [0, 0.05) is 25.9 Å². The smallest absolute Gasteiger partial charge is 0.143 e. The third kappa shape index (κ3) is 3.89. The van der Waals surface area contributed by atoms with Crippen LogP contribution in [-0.4, -0.2) is 52.4 Å². The van der Waals surface area contributed by atoms with Gasteiger partial charge in [0.05, 0.1) is 19.3 Å². The van der Waals surface area contributed by atoms with Crippen molar-refractivity contribution in [2.45, 2.75) is 19.1 Å². The number of rotatable bonds is 4. The lowest BCUT2D eigenvalue weighted by Gasteiger charge is -2.32. The van der Waals surface area contributed by atoms with E-state index < -0.39 is 0 Å². The van der Waals surface area contributed by atoms with E-state index in [4.69, 9.17) is 21.4 Å². The van der Waals surface area contributed by atoms with Crippen molar-refractivity contribution in [1.82, 2.24) is 14.9 Å². The molecule has 1 aliphatic heterocycles. The third-order valence-corrected chi connectivity index (χ3v) is 2.92. The van der Waals surface area contributed by atoms with E-state index >= 15 is 0 Å². The first kappa shape index (κ1) is 12.7. The second kappa shape index (κ2) is 6.26. The largest absolute Gasteiger partial charge is 0.396 e. The van der Waals surface area contributed by atoms with Crippen molar-refractivity contribution in [3.05, 3.63) is 23.2 Å². The zero-order valence-corrected chi connectivity index (χ0v) is 10.3. The molecule has 1 fully saturated rings. The molecule has 5 nitrogen and oxygen atoms in total. The van der Waals surface area contributed by atoms with Crippen LogP contribution >= 0.6 is 11.6 Å². The molecule has 1 atom stereocenters. The van der Waals surface area contributed by atoms with Gasteiger partial charge in [-0.3, -0.25) is 4.90 Å². The minimum absolute atomic E-state index is 0.105. The van der Waals surface area contributed by atoms with Crippen molar-refractivity contribution in [2.75, 3.05) is 26.3 Å². The molecule has 1 aromatic rings. The normalized spacial score (nSPS) is 21.6. The third-order valence-electron chi connectivity index (χ3n) is 2.71. The second-order valence-electron chi connectivity index (χ2n) is 4.04. The van der Waals surface area contributed by atoms with Crippen LogP contribution in [0.4, 0.5) is 0 Å². The van der Waals surface area contributed by atoms with Gasteiger partial charge in [0.2, 0.25) is 0 Å². The van der Waals surface area contributed by atoms with Crippen LogP contribution in [0.25, 0.3) is 0 Å². The minimum atomic E-state index is 0.105. The van der Waals surface area contributed by atoms with Crippen LogP contribution in [0.1, 0.15) is 12.2 Å². The summed E-state index contributed by atoms with van der Waals surface area (Å²) in [6.07, 6.45) is 2.44. The van der Waals surface area contributed by atoms with Crippen molar-refractivity contribution < 1.29 is 9.84 Å². The van der Waals surface area contributed by atoms with Crippen molar-refractivity contribution in [3.63, 3.8) is 0 Å². The first-order valence-corrected chi connectivity index (χ1v) is 6.08. The van der Waals surface area contributed by atoms with Crippen LogP contribution in [0.5, 0.6) is 0 Å². The SMILES string of the molecule is OCCC1CN(Cc2nccc(Cl)n2)CCO1. The molecule has 1 saturated heterocycles. The van der Waals surface area contributed by atoms with Crippen molar-refractivity contribution in [3.8, 4) is 0 Å². The zero-order chi connectivity index (χ0) is 12.1. The molecule has 2 heterocycles. The van der Waals surface area contributed by atoms with Gasteiger partial charge in [-0.1, -0.05) is 11.6 Å². The van der Waals surface area contributed by atoms with Gasteiger partial charge in [-0.15, -0.1) is 0 Å². The van der Waals surface area contributed by atoms with Crippen molar-refractivity contribution in [2.24, 2.45) is 0 Å². The van der Waals surface area contributed by atoms with E-state index in [9.17, 15) is 0 Å². The first-order valence-electron chi connectivity index (χ1n) is 5.70. The topological polar surface area (TPSA) is 58.5 Å². The molecule has 17 heavy (non-hydrogen) atoms. The Bertz CT molecular complexity index is 362. The molecule has 0 spiro atoms. The zero-order valence-electron chi connectivity index (χ0n) is 9.55. The Morgan fingerprint density at radius 2 is 2.47 bits per heavy atom. The van der Waals surface area contributed by atoms with E-state index in [2.05, 4.69) is 14.9 Å². The van der Waals surface area contributed by atoms with Crippen molar-refractivity contribution in [1.29, 1.82) is 0 Å². The predicted octanol–water partition coefficient (Wildman–Crippen LogP) is 0.713. The molecular formula is C11H16ClN3O2. The van der Waals surface area contributed by atoms with E-state index in [1.807, 2.05) is 0 Å². The van der Waals surface area contributed by atoms with Gasteiger partial charge in [-0.2, -0.15) is 0 Å². The van der Waals surface area contributed by atoms with E-state index in [0.29, 0.717) is 24.7 Å². The number of nitrogens with zero attached hydrogens (tertiary/aromatic N) is 3. The Balaban J connectivity index is 1.90.